The minimum Gasteiger partial charge on any atom is -0.469 e. The Kier molecular flexibility index (Phi) is 8.67. The van der Waals surface area contributed by atoms with Crippen LogP contribution >= 0.6 is 0 Å². The van der Waals surface area contributed by atoms with Gasteiger partial charge < -0.3 is 25.8 Å². The van der Waals surface area contributed by atoms with E-state index in [0.29, 0.717) is 6.42 Å². The van der Waals surface area contributed by atoms with Gasteiger partial charge in [0.05, 0.1) is 13.5 Å². The Morgan fingerprint density at radius 2 is 1.78 bits per heavy atom. The Hall–Kier alpha value is -2.32. The number of carbonyl (C=O) groups is 4. The van der Waals surface area contributed by atoms with E-state index >= 15 is 0 Å². The van der Waals surface area contributed by atoms with Crippen molar-refractivity contribution in [3.8, 4) is 0 Å². The topological polar surface area (TPSA) is 137 Å². The van der Waals surface area contributed by atoms with Crippen LogP contribution in [0.25, 0.3) is 0 Å². The zero-order chi connectivity index (χ0) is 18.0. The van der Waals surface area contributed by atoms with Gasteiger partial charge in [0.2, 0.25) is 11.8 Å². The van der Waals surface area contributed by atoms with Gasteiger partial charge in [0, 0.05) is 13.0 Å². The number of carbonyl (C=O) groups excluding carboxylic acids is 4. The van der Waals surface area contributed by atoms with Crippen molar-refractivity contribution in [3.63, 3.8) is 0 Å². The highest BCUT2D eigenvalue weighted by Crippen LogP contribution is 2.07. The van der Waals surface area contributed by atoms with Crippen LogP contribution in [0.4, 0.5) is 4.79 Å². The Morgan fingerprint density at radius 3 is 2.26 bits per heavy atom. The molecule has 3 amide bonds. The SMILES string of the molecule is COC(=O)CCCNC(=O)C(CC(N)=O)NC(=O)OC(C)(C)C. The van der Waals surface area contributed by atoms with E-state index in [1.54, 1.807) is 20.8 Å². The number of esters is 1. The molecular formula is C14H25N3O6. The van der Waals surface area contributed by atoms with Crippen molar-refractivity contribution in [3.05, 3.63) is 0 Å². The van der Waals surface area contributed by atoms with E-state index in [1.807, 2.05) is 0 Å². The molecule has 0 aromatic rings. The molecule has 0 radical (unpaired) electrons. The molecule has 9 heteroatoms. The molecule has 23 heavy (non-hydrogen) atoms. The molecule has 1 unspecified atom stereocenters. The van der Waals surface area contributed by atoms with Crippen LogP contribution in [0.1, 0.15) is 40.0 Å². The summed E-state index contributed by atoms with van der Waals surface area (Å²) in [6, 6.07) is -1.14. The maximum Gasteiger partial charge on any atom is 0.408 e. The number of amides is 3. The molecule has 0 saturated heterocycles. The molecule has 0 bridgehead atoms. The standard InChI is InChI=1S/C14H25N3O6/c1-14(2,3)23-13(21)17-9(8-10(15)18)12(20)16-7-5-6-11(19)22-4/h9H,5-8H2,1-4H3,(H2,15,18)(H,16,20)(H,17,21). The molecule has 0 aliphatic heterocycles. The lowest BCUT2D eigenvalue weighted by Crippen LogP contribution is -2.50. The summed E-state index contributed by atoms with van der Waals surface area (Å²) in [5, 5.41) is 4.81. The molecule has 0 saturated carbocycles. The molecular weight excluding hydrogens is 306 g/mol. The highest BCUT2D eigenvalue weighted by molar-refractivity contribution is 5.90. The van der Waals surface area contributed by atoms with E-state index in [-0.39, 0.29) is 25.4 Å². The largest absolute Gasteiger partial charge is 0.469 e. The molecule has 0 fully saturated rings. The second kappa shape index (κ2) is 9.65. The third-order valence-electron chi connectivity index (χ3n) is 2.50. The molecule has 4 N–H and O–H groups in total. The van der Waals surface area contributed by atoms with Crippen molar-refractivity contribution >= 4 is 23.9 Å². The lowest BCUT2D eigenvalue weighted by molar-refractivity contribution is -0.140. The van der Waals surface area contributed by atoms with Crippen molar-refractivity contribution in [2.75, 3.05) is 13.7 Å². The number of methoxy groups -OCH3 is 1. The molecule has 1 atom stereocenters. The second-order valence-corrected chi connectivity index (χ2v) is 5.84. The van der Waals surface area contributed by atoms with Gasteiger partial charge in [-0.05, 0) is 27.2 Å². The van der Waals surface area contributed by atoms with E-state index in [1.165, 1.54) is 7.11 Å². The minimum atomic E-state index is -1.14. The average Bonchev–Trinajstić information content (AvgIpc) is 2.39. The van der Waals surface area contributed by atoms with Crippen molar-refractivity contribution in [1.82, 2.24) is 10.6 Å². The molecule has 0 spiro atoms. The molecule has 9 nitrogen and oxygen atoms in total. The van der Waals surface area contributed by atoms with Crippen LogP contribution in [0.3, 0.4) is 0 Å². The summed E-state index contributed by atoms with van der Waals surface area (Å²) in [5.74, 6) is -1.71. The summed E-state index contributed by atoms with van der Waals surface area (Å²) < 4.78 is 9.50. The summed E-state index contributed by atoms with van der Waals surface area (Å²) in [5.41, 5.74) is 4.34. The van der Waals surface area contributed by atoms with E-state index in [0.717, 1.165) is 0 Å². The smallest absolute Gasteiger partial charge is 0.408 e. The van der Waals surface area contributed by atoms with Crippen LogP contribution < -0.4 is 16.4 Å². The van der Waals surface area contributed by atoms with Crippen molar-refractivity contribution in [2.24, 2.45) is 5.73 Å². The van der Waals surface area contributed by atoms with Gasteiger partial charge in [-0.3, -0.25) is 14.4 Å². The zero-order valence-electron chi connectivity index (χ0n) is 13.9. The highest BCUT2D eigenvalue weighted by atomic mass is 16.6. The fourth-order valence-corrected chi connectivity index (χ4v) is 1.53. The fraction of sp³-hybridized carbons (Fsp3) is 0.714. The summed E-state index contributed by atoms with van der Waals surface area (Å²) in [4.78, 5) is 45.6. The molecule has 0 rings (SSSR count). The second-order valence-electron chi connectivity index (χ2n) is 5.84. The predicted octanol–water partition coefficient (Wildman–Crippen LogP) is -0.175. The lowest BCUT2D eigenvalue weighted by Gasteiger charge is -2.22. The Morgan fingerprint density at radius 1 is 1.17 bits per heavy atom. The summed E-state index contributed by atoms with van der Waals surface area (Å²) in [6.07, 6.45) is -0.666. The van der Waals surface area contributed by atoms with E-state index in [9.17, 15) is 19.2 Å². The number of hydrogen-bond acceptors (Lipinski definition) is 6. The van der Waals surface area contributed by atoms with Gasteiger partial charge in [0.1, 0.15) is 11.6 Å². The predicted molar refractivity (Wildman–Crippen MR) is 81.2 cm³/mol. The van der Waals surface area contributed by atoms with Crippen LogP contribution in [0, 0.1) is 0 Å². The number of alkyl carbamates (subject to hydrolysis) is 1. The maximum atomic E-state index is 12.0. The number of hydrogen-bond donors (Lipinski definition) is 3. The monoisotopic (exact) mass is 331 g/mol. The average molecular weight is 331 g/mol. The van der Waals surface area contributed by atoms with Gasteiger partial charge in [-0.1, -0.05) is 0 Å². The van der Waals surface area contributed by atoms with Crippen molar-refractivity contribution in [1.29, 1.82) is 0 Å². The molecule has 0 aliphatic rings. The molecule has 0 aromatic heterocycles. The summed E-state index contributed by atoms with van der Waals surface area (Å²) in [6.45, 7) is 5.20. The van der Waals surface area contributed by atoms with Crippen LogP contribution in [-0.4, -0.2) is 49.2 Å². The first-order chi connectivity index (χ1) is 10.5. The number of rotatable bonds is 8. The third kappa shape index (κ3) is 11.0. The van der Waals surface area contributed by atoms with Gasteiger partial charge in [-0.2, -0.15) is 0 Å². The maximum absolute atomic E-state index is 12.0. The fourth-order valence-electron chi connectivity index (χ4n) is 1.53. The first-order valence-corrected chi connectivity index (χ1v) is 7.17. The first-order valence-electron chi connectivity index (χ1n) is 7.17. The van der Waals surface area contributed by atoms with Gasteiger partial charge in [0.15, 0.2) is 0 Å². The highest BCUT2D eigenvalue weighted by Gasteiger charge is 2.25. The van der Waals surface area contributed by atoms with Gasteiger partial charge in [-0.15, -0.1) is 0 Å². The Labute approximate surface area is 135 Å². The molecule has 132 valence electrons. The van der Waals surface area contributed by atoms with E-state index < -0.39 is 29.6 Å². The first kappa shape index (κ1) is 20.7. The number of nitrogens with two attached hydrogens (primary N) is 1. The number of primary amides is 1. The van der Waals surface area contributed by atoms with Gasteiger partial charge >= 0.3 is 12.1 Å². The minimum absolute atomic E-state index is 0.150. The summed E-state index contributed by atoms with van der Waals surface area (Å²) in [7, 11) is 1.27. The third-order valence-corrected chi connectivity index (χ3v) is 2.50. The van der Waals surface area contributed by atoms with E-state index in [2.05, 4.69) is 15.4 Å². The molecule has 0 aliphatic carbocycles. The van der Waals surface area contributed by atoms with Crippen LogP contribution in [-0.2, 0) is 23.9 Å². The number of nitrogens with one attached hydrogen (secondary N) is 2. The van der Waals surface area contributed by atoms with E-state index in [4.69, 9.17) is 10.5 Å². The van der Waals surface area contributed by atoms with Crippen molar-refractivity contribution < 1.29 is 28.7 Å². The van der Waals surface area contributed by atoms with Crippen LogP contribution in [0.5, 0.6) is 0 Å². The van der Waals surface area contributed by atoms with Gasteiger partial charge in [-0.25, -0.2) is 4.79 Å². The van der Waals surface area contributed by atoms with Crippen LogP contribution in [0.15, 0.2) is 0 Å². The summed E-state index contributed by atoms with van der Waals surface area (Å²) >= 11 is 0. The van der Waals surface area contributed by atoms with Gasteiger partial charge in [0.25, 0.3) is 0 Å². The van der Waals surface area contributed by atoms with Crippen LogP contribution in [0.2, 0.25) is 0 Å². The molecule has 0 heterocycles. The lowest BCUT2D eigenvalue weighted by atomic mass is 10.1. The number of ether oxygens (including phenoxy) is 2. The molecule has 0 aromatic carbocycles. The quantitative estimate of drug-likeness (QED) is 0.417. The Bertz CT molecular complexity index is 444. The zero-order valence-corrected chi connectivity index (χ0v) is 13.9. The Balaban J connectivity index is 4.46. The van der Waals surface area contributed by atoms with Crippen molar-refractivity contribution in [2.45, 2.75) is 51.7 Å². The normalized spacial score (nSPS) is 12.0.